The van der Waals surface area contributed by atoms with E-state index in [0.29, 0.717) is 43.6 Å². The van der Waals surface area contributed by atoms with Gasteiger partial charge in [0.25, 0.3) is 0 Å². The van der Waals surface area contributed by atoms with Crippen LogP contribution in [0.5, 0.6) is 0 Å². The van der Waals surface area contributed by atoms with Gasteiger partial charge < -0.3 is 15.8 Å². The molecule has 6 heteroatoms. The molecule has 2 aliphatic rings. The van der Waals surface area contributed by atoms with Crippen molar-refractivity contribution in [2.24, 2.45) is 0 Å². The molecular weight excluding hydrogens is 273 g/mol. The van der Waals surface area contributed by atoms with Gasteiger partial charge in [0.2, 0.25) is 5.91 Å². The summed E-state index contributed by atoms with van der Waals surface area (Å²) < 4.78 is 19.3. The number of rotatable bonds is 4. The molecule has 1 aromatic rings. The lowest BCUT2D eigenvalue weighted by atomic mass is 10.1. The van der Waals surface area contributed by atoms with Crippen LogP contribution < -0.4 is 11.1 Å². The van der Waals surface area contributed by atoms with Gasteiger partial charge in [-0.25, -0.2) is 4.39 Å². The van der Waals surface area contributed by atoms with Gasteiger partial charge in [-0.3, -0.25) is 9.69 Å². The number of nitrogens with two attached hydrogens (primary N) is 1. The van der Waals surface area contributed by atoms with Gasteiger partial charge in [0.1, 0.15) is 11.9 Å². The van der Waals surface area contributed by atoms with E-state index < -0.39 is 0 Å². The van der Waals surface area contributed by atoms with Gasteiger partial charge in [0.15, 0.2) is 0 Å². The Labute approximate surface area is 123 Å². The Kier molecular flexibility index (Phi) is 4.07. The lowest BCUT2D eigenvalue weighted by molar-refractivity contribution is -0.133. The first-order valence-electron chi connectivity index (χ1n) is 7.30. The van der Waals surface area contributed by atoms with Gasteiger partial charge in [0.05, 0.1) is 13.2 Å². The summed E-state index contributed by atoms with van der Waals surface area (Å²) in [5, 5.41) is 2.98. The maximum atomic E-state index is 13.9. The molecule has 114 valence electrons. The van der Waals surface area contributed by atoms with Crippen LogP contribution in [0, 0.1) is 5.82 Å². The molecule has 0 bridgehead atoms. The topological polar surface area (TPSA) is 67.6 Å². The first-order chi connectivity index (χ1) is 10.1. The normalized spacial score (nSPS) is 23.0. The Morgan fingerprint density at radius 3 is 3.00 bits per heavy atom. The van der Waals surface area contributed by atoms with E-state index in [1.165, 1.54) is 6.07 Å². The number of morpholine rings is 1. The van der Waals surface area contributed by atoms with Crippen molar-refractivity contribution in [2.75, 3.05) is 25.5 Å². The van der Waals surface area contributed by atoms with Crippen molar-refractivity contribution in [3.63, 3.8) is 0 Å². The molecule has 1 aliphatic carbocycles. The highest BCUT2D eigenvalue weighted by atomic mass is 19.1. The fourth-order valence-electron chi connectivity index (χ4n) is 2.54. The Balaban J connectivity index is 1.73. The van der Waals surface area contributed by atoms with Crippen molar-refractivity contribution in [3.8, 4) is 0 Å². The Hall–Kier alpha value is -1.66. The molecule has 1 saturated heterocycles. The molecule has 1 aromatic carbocycles. The maximum Gasteiger partial charge on any atom is 0.239 e. The highest BCUT2D eigenvalue weighted by Crippen LogP contribution is 2.22. The predicted molar refractivity (Wildman–Crippen MR) is 77.0 cm³/mol. The lowest BCUT2D eigenvalue weighted by Gasteiger charge is -2.34. The summed E-state index contributed by atoms with van der Waals surface area (Å²) in [5.41, 5.74) is 6.72. The quantitative estimate of drug-likeness (QED) is 0.809. The van der Waals surface area contributed by atoms with Gasteiger partial charge in [0, 0.05) is 30.4 Å². The van der Waals surface area contributed by atoms with Crippen LogP contribution in [-0.2, 0) is 16.1 Å². The van der Waals surface area contributed by atoms with Crippen molar-refractivity contribution in [1.29, 1.82) is 0 Å². The van der Waals surface area contributed by atoms with Crippen LogP contribution in [0.25, 0.3) is 0 Å². The van der Waals surface area contributed by atoms with Crippen LogP contribution in [0.4, 0.5) is 10.1 Å². The number of nitrogens with one attached hydrogen (secondary N) is 1. The van der Waals surface area contributed by atoms with Crippen LogP contribution in [-0.4, -0.2) is 42.6 Å². The molecule has 1 amide bonds. The Bertz CT molecular complexity index is 513. The van der Waals surface area contributed by atoms with Crippen molar-refractivity contribution in [1.82, 2.24) is 10.2 Å². The molecule has 0 radical (unpaired) electrons. The number of hydrogen-bond acceptors (Lipinski definition) is 4. The molecule has 1 saturated carbocycles. The van der Waals surface area contributed by atoms with E-state index >= 15 is 0 Å². The second kappa shape index (κ2) is 5.99. The summed E-state index contributed by atoms with van der Waals surface area (Å²) in [4.78, 5) is 14.2. The summed E-state index contributed by atoms with van der Waals surface area (Å²) >= 11 is 0. The number of ether oxygens (including phenoxy) is 1. The molecule has 0 spiro atoms. The molecule has 21 heavy (non-hydrogen) atoms. The predicted octanol–water partition coefficient (Wildman–Crippen LogP) is 0.887. The zero-order valence-electron chi connectivity index (χ0n) is 11.8. The van der Waals surface area contributed by atoms with Gasteiger partial charge >= 0.3 is 0 Å². The number of benzene rings is 1. The van der Waals surface area contributed by atoms with E-state index in [2.05, 4.69) is 5.32 Å². The molecule has 1 aliphatic heterocycles. The molecule has 2 fully saturated rings. The summed E-state index contributed by atoms with van der Waals surface area (Å²) in [5.74, 6) is -0.366. The molecule has 5 nitrogen and oxygen atoms in total. The van der Waals surface area contributed by atoms with Crippen molar-refractivity contribution in [3.05, 3.63) is 29.6 Å². The zero-order valence-corrected chi connectivity index (χ0v) is 11.8. The minimum atomic E-state index is -0.377. The number of hydrogen-bond donors (Lipinski definition) is 2. The number of nitrogen functional groups attached to an aromatic ring is 1. The molecule has 1 unspecified atom stereocenters. The van der Waals surface area contributed by atoms with Crippen LogP contribution in [0.15, 0.2) is 18.2 Å². The van der Waals surface area contributed by atoms with Crippen LogP contribution >= 0.6 is 0 Å². The van der Waals surface area contributed by atoms with E-state index in [0.717, 1.165) is 12.8 Å². The van der Waals surface area contributed by atoms with E-state index in [9.17, 15) is 9.18 Å². The Morgan fingerprint density at radius 1 is 1.48 bits per heavy atom. The Morgan fingerprint density at radius 2 is 2.29 bits per heavy atom. The van der Waals surface area contributed by atoms with Gasteiger partial charge in [-0.05, 0) is 25.0 Å². The number of carbonyl (C=O) groups excluding carboxylic acids is 1. The molecule has 1 atom stereocenters. The van der Waals surface area contributed by atoms with E-state index in [1.807, 2.05) is 4.90 Å². The standard InChI is InChI=1S/C15H20FN3O2/c16-12-2-1-3-13(17)11(12)8-19-6-7-21-9-14(19)15(20)18-10-4-5-10/h1-3,10,14H,4-9,17H2,(H,18,20). The molecular formula is C15H20FN3O2. The first kappa shape index (κ1) is 14.3. The molecule has 1 heterocycles. The highest BCUT2D eigenvalue weighted by molar-refractivity contribution is 5.82. The maximum absolute atomic E-state index is 13.9. The third-order valence-corrected chi connectivity index (χ3v) is 3.98. The second-order valence-electron chi connectivity index (χ2n) is 5.65. The first-order valence-corrected chi connectivity index (χ1v) is 7.30. The zero-order chi connectivity index (χ0) is 14.8. The van der Waals surface area contributed by atoms with Crippen molar-refractivity contribution in [2.45, 2.75) is 31.5 Å². The van der Waals surface area contributed by atoms with E-state index in [-0.39, 0.29) is 17.8 Å². The van der Waals surface area contributed by atoms with Crippen molar-refractivity contribution >= 4 is 11.6 Å². The van der Waals surface area contributed by atoms with Gasteiger partial charge in [-0.15, -0.1) is 0 Å². The largest absolute Gasteiger partial charge is 0.398 e. The number of anilines is 1. The second-order valence-corrected chi connectivity index (χ2v) is 5.65. The fourth-order valence-corrected chi connectivity index (χ4v) is 2.54. The monoisotopic (exact) mass is 293 g/mol. The van der Waals surface area contributed by atoms with Gasteiger partial charge in [-0.1, -0.05) is 6.07 Å². The average molecular weight is 293 g/mol. The highest BCUT2D eigenvalue weighted by Gasteiger charge is 2.33. The fraction of sp³-hybridized carbons (Fsp3) is 0.533. The smallest absolute Gasteiger partial charge is 0.239 e. The van der Waals surface area contributed by atoms with Gasteiger partial charge in [-0.2, -0.15) is 0 Å². The third-order valence-electron chi connectivity index (χ3n) is 3.98. The average Bonchev–Trinajstić information content (AvgIpc) is 3.27. The molecule has 3 N–H and O–H groups in total. The van der Waals surface area contributed by atoms with Crippen LogP contribution in [0.3, 0.4) is 0 Å². The number of nitrogens with zero attached hydrogens (tertiary/aromatic N) is 1. The lowest BCUT2D eigenvalue weighted by Crippen LogP contribution is -2.53. The molecule has 0 aromatic heterocycles. The molecule has 3 rings (SSSR count). The number of amides is 1. The summed E-state index contributed by atoms with van der Waals surface area (Å²) in [6.45, 7) is 1.80. The summed E-state index contributed by atoms with van der Waals surface area (Å²) in [6, 6.07) is 4.59. The summed E-state index contributed by atoms with van der Waals surface area (Å²) in [7, 11) is 0. The van der Waals surface area contributed by atoms with E-state index in [1.54, 1.807) is 12.1 Å². The minimum Gasteiger partial charge on any atom is -0.398 e. The SMILES string of the molecule is Nc1cccc(F)c1CN1CCOCC1C(=O)NC1CC1. The number of halogens is 1. The van der Waals surface area contributed by atoms with Crippen LogP contribution in [0.2, 0.25) is 0 Å². The van der Waals surface area contributed by atoms with E-state index in [4.69, 9.17) is 10.5 Å². The number of carbonyl (C=O) groups is 1. The minimum absolute atomic E-state index is 0.0351. The summed E-state index contributed by atoms with van der Waals surface area (Å²) in [6.07, 6.45) is 2.08. The van der Waals surface area contributed by atoms with Crippen LogP contribution in [0.1, 0.15) is 18.4 Å². The van der Waals surface area contributed by atoms with Crippen molar-refractivity contribution < 1.29 is 13.9 Å². The third kappa shape index (κ3) is 3.33.